The number of nitrogens with one attached hydrogen (secondary N) is 1. The molecule has 2 heterocycles. The Morgan fingerprint density at radius 3 is 2.35 bits per heavy atom. The van der Waals surface area contributed by atoms with E-state index in [9.17, 15) is 31.9 Å². The van der Waals surface area contributed by atoms with Gasteiger partial charge in [0.1, 0.15) is 22.7 Å². The van der Waals surface area contributed by atoms with Crippen LogP contribution in [0, 0.1) is 17.6 Å². The number of benzene rings is 2. The Balaban J connectivity index is 0.00000423. The SMILES string of the molecule is O=C(CN1C(=O)C(=O)c2cc(F)c(F)cc21)O[C@@H](Cc1c(Cl)c[nH+]cc1Cl)c1ccc(OC(F)F)c(OCC2CC2)c1.[OH-]. The third-order valence-electron chi connectivity index (χ3n) is 6.69. The predicted molar refractivity (Wildman–Crippen MR) is 142 cm³/mol. The number of rotatable bonds is 11. The second kappa shape index (κ2) is 13.1. The number of amides is 1. The van der Waals surface area contributed by atoms with Crippen LogP contribution in [0.25, 0.3) is 0 Å². The van der Waals surface area contributed by atoms with Crippen molar-refractivity contribution >= 4 is 46.5 Å². The average Bonchev–Trinajstić information content (AvgIpc) is 3.74. The van der Waals surface area contributed by atoms with Crippen molar-refractivity contribution in [2.75, 3.05) is 18.1 Å². The number of nitrogens with zero attached hydrogens (tertiary/aromatic N) is 1. The minimum atomic E-state index is -3.12. The molecule has 1 saturated carbocycles. The van der Waals surface area contributed by atoms with Gasteiger partial charge in [-0.2, -0.15) is 8.78 Å². The van der Waals surface area contributed by atoms with Crippen molar-refractivity contribution in [3.05, 3.63) is 81.1 Å². The summed E-state index contributed by atoms with van der Waals surface area (Å²) in [6.45, 7) is -3.67. The van der Waals surface area contributed by atoms with Gasteiger partial charge in [0.05, 0.1) is 17.9 Å². The number of ketones is 1. The lowest BCUT2D eigenvalue weighted by Crippen LogP contribution is -2.36. The fourth-order valence-electron chi connectivity index (χ4n) is 4.38. The quantitative estimate of drug-likeness (QED) is 0.156. The molecule has 2 aromatic carbocycles. The monoisotopic (exact) mass is 644 g/mol. The normalized spacial score (nSPS) is 14.8. The van der Waals surface area contributed by atoms with Crippen LogP contribution in [0.2, 0.25) is 10.0 Å². The van der Waals surface area contributed by atoms with E-state index in [-0.39, 0.29) is 57.2 Å². The molecule has 1 aliphatic heterocycles. The zero-order chi connectivity index (χ0) is 30.1. The number of carbonyl (C=O) groups is 3. The number of aromatic amines is 1. The maximum atomic E-state index is 13.9. The van der Waals surface area contributed by atoms with Gasteiger partial charge in [-0.3, -0.25) is 19.3 Å². The highest BCUT2D eigenvalue weighted by Crippen LogP contribution is 2.38. The molecule has 1 atom stereocenters. The molecule has 5 rings (SSSR count). The molecule has 0 saturated heterocycles. The van der Waals surface area contributed by atoms with Gasteiger partial charge in [-0.05, 0) is 42.5 Å². The van der Waals surface area contributed by atoms with E-state index in [1.807, 2.05) is 0 Å². The highest BCUT2D eigenvalue weighted by Gasteiger charge is 2.39. The summed E-state index contributed by atoms with van der Waals surface area (Å²) >= 11 is 12.6. The number of anilines is 1. The van der Waals surface area contributed by atoms with Crippen LogP contribution < -0.4 is 19.4 Å². The van der Waals surface area contributed by atoms with E-state index >= 15 is 0 Å². The topological polar surface area (TPSA) is 126 Å². The maximum Gasteiger partial charge on any atom is 0.387 e. The highest BCUT2D eigenvalue weighted by molar-refractivity contribution is 6.52. The Morgan fingerprint density at radius 2 is 1.70 bits per heavy atom. The largest absolute Gasteiger partial charge is 0.870 e. The maximum absolute atomic E-state index is 13.9. The molecule has 1 aliphatic carbocycles. The van der Waals surface area contributed by atoms with Crippen LogP contribution in [0.4, 0.5) is 23.2 Å². The molecule has 1 amide bonds. The van der Waals surface area contributed by atoms with E-state index in [1.54, 1.807) is 0 Å². The first-order valence-corrected chi connectivity index (χ1v) is 13.4. The molecule has 2 N–H and O–H groups in total. The second-order valence-corrected chi connectivity index (χ2v) is 10.5. The summed E-state index contributed by atoms with van der Waals surface area (Å²) in [5, 5.41) is 0.413. The summed E-state index contributed by atoms with van der Waals surface area (Å²) in [5.41, 5.74) is -0.0209. The molecule has 0 bridgehead atoms. The van der Waals surface area contributed by atoms with Gasteiger partial charge in [-0.15, -0.1) is 0 Å². The summed E-state index contributed by atoms with van der Waals surface area (Å²) in [7, 11) is 0. The molecule has 43 heavy (non-hydrogen) atoms. The summed E-state index contributed by atoms with van der Waals surface area (Å²) in [6.07, 6.45) is 3.51. The highest BCUT2D eigenvalue weighted by atomic mass is 35.5. The number of hydrogen-bond acceptors (Lipinski definition) is 7. The number of halogens is 6. The molecule has 2 aliphatic rings. The van der Waals surface area contributed by atoms with Crippen molar-refractivity contribution in [3.8, 4) is 11.5 Å². The zero-order valence-electron chi connectivity index (χ0n) is 21.9. The van der Waals surface area contributed by atoms with Gasteiger partial charge in [0, 0.05) is 18.1 Å². The summed E-state index contributed by atoms with van der Waals surface area (Å²) in [4.78, 5) is 41.5. The molecule has 0 radical (unpaired) electrons. The number of alkyl halides is 2. The molecule has 1 aromatic heterocycles. The Bertz CT molecular complexity index is 1550. The van der Waals surface area contributed by atoms with Crippen LogP contribution in [-0.4, -0.2) is 42.9 Å². The van der Waals surface area contributed by atoms with Crippen LogP contribution in [0.15, 0.2) is 42.7 Å². The van der Waals surface area contributed by atoms with E-state index in [0.29, 0.717) is 22.6 Å². The molecular weight excluding hydrogens is 623 g/mol. The lowest BCUT2D eigenvalue weighted by molar-refractivity contribution is -0.377. The first kappa shape index (κ1) is 32.0. The van der Waals surface area contributed by atoms with E-state index in [1.165, 1.54) is 30.6 Å². The first-order chi connectivity index (χ1) is 20.0. The third kappa shape index (κ3) is 7.17. The molecule has 9 nitrogen and oxygen atoms in total. The molecule has 228 valence electrons. The Labute approximate surface area is 251 Å². The third-order valence-corrected chi connectivity index (χ3v) is 7.36. The first-order valence-electron chi connectivity index (χ1n) is 12.6. The van der Waals surface area contributed by atoms with E-state index < -0.39 is 54.1 Å². The fraction of sp³-hybridized carbons (Fsp3) is 0.286. The van der Waals surface area contributed by atoms with E-state index in [0.717, 1.165) is 12.8 Å². The molecule has 3 aromatic rings. The van der Waals surface area contributed by atoms with Gasteiger partial charge in [-0.25, -0.2) is 13.8 Å². The number of carbonyl (C=O) groups excluding carboxylic acids is 3. The Kier molecular flexibility index (Phi) is 9.78. The number of pyridine rings is 1. The van der Waals surface area contributed by atoms with Crippen molar-refractivity contribution in [1.82, 2.24) is 0 Å². The van der Waals surface area contributed by atoms with Crippen LogP contribution in [0.3, 0.4) is 0 Å². The van der Waals surface area contributed by atoms with Crippen LogP contribution in [0.5, 0.6) is 11.5 Å². The van der Waals surface area contributed by atoms with Gasteiger partial charge < -0.3 is 19.7 Å². The lowest BCUT2D eigenvalue weighted by atomic mass is 10.0. The van der Waals surface area contributed by atoms with Gasteiger partial charge in [0.2, 0.25) is 0 Å². The number of H-pyrrole nitrogens is 1. The van der Waals surface area contributed by atoms with Crippen molar-refractivity contribution in [1.29, 1.82) is 0 Å². The Morgan fingerprint density at radius 1 is 1.02 bits per heavy atom. The smallest absolute Gasteiger partial charge is 0.387 e. The predicted octanol–water partition coefficient (Wildman–Crippen LogP) is 5.36. The number of Topliss-reactive ketones (excluding diaryl/α,β-unsaturated/α-hetero) is 1. The molecule has 1 fully saturated rings. The summed E-state index contributed by atoms with van der Waals surface area (Å²) < 4.78 is 69.7. The minimum Gasteiger partial charge on any atom is -0.870 e. The number of ether oxygens (including phenoxy) is 3. The van der Waals surface area contributed by atoms with Crippen LogP contribution >= 0.6 is 23.2 Å². The molecular formula is C28H22Cl2F4N2O7. The van der Waals surface area contributed by atoms with Crippen molar-refractivity contribution < 1.29 is 56.6 Å². The summed E-state index contributed by atoms with van der Waals surface area (Å²) in [5.74, 6) is -5.90. The molecule has 0 spiro atoms. The molecule has 0 unspecified atom stereocenters. The van der Waals surface area contributed by atoms with Gasteiger partial charge in [0.15, 0.2) is 35.5 Å². The zero-order valence-corrected chi connectivity index (χ0v) is 23.4. The van der Waals surface area contributed by atoms with Gasteiger partial charge in [-0.1, -0.05) is 29.3 Å². The van der Waals surface area contributed by atoms with Crippen molar-refractivity contribution in [2.24, 2.45) is 5.92 Å². The Hall–Kier alpha value is -3.94. The number of hydrogen-bond donors (Lipinski definition) is 0. The van der Waals surface area contributed by atoms with Crippen molar-refractivity contribution in [2.45, 2.75) is 32.0 Å². The number of esters is 1. The van der Waals surface area contributed by atoms with Crippen molar-refractivity contribution in [3.63, 3.8) is 0 Å². The fourth-order valence-corrected chi connectivity index (χ4v) is 4.91. The summed E-state index contributed by atoms with van der Waals surface area (Å²) in [6, 6.07) is 5.23. The molecule has 15 heteroatoms. The second-order valence-electron chi connectivity index (χ2n) is 9.66. The number of fused-ring (bicyclic) bond motifs is 1. The number of aromatic nitrogens is 1. The van der Waals surface area contributed by atoms with E-state index in [4.69, 9.17) is 32.7 Å². The standard InChI is InChI=1S/C28H20Cl2F4N2O6.H2O/c29-17-9-35-10-18(30)15(17)7-23(14-3-4-22(42-28(33)34)24(5-14)40-12-13-1-2-13)41-25(37)11-36-21-8-20(32)19(31)6-16(21)26(38)27(36)39;/h3-6,8-10,13,23,28H,1-2,7,11-12H2;1H2/t23-;/m0./s1. The van der Waals surface area contributed by atoms with Crippen LogP contribution in [-0.2, 0) is 20.7 Å². The van der Waals surface area contributed by atoms with Crippen LogP contribution in [0.1, 0.15) is 40.4 Å². The minimum absolute atomic E-state index is 0. The average molecular weight is 645 g/mol. The van der Waals surface area contributed by atoms with E-state index in [2.05, 4.69) is 9.72 Å². The lowest BCUT2D eigenvalue weighted by Gasteiger charge is -2.23. The van der Waals surface area contributed by atoms with Gasteiger partial charge >= 0.3 is 12.6 Å². The van der Waals surface area contributed by atoms with Gasteiger partial charge in [0.25, 0.3) is 11.7 Å².